The van der Waals surface area contributed by atoms with E-state index in [0.717, 1.165) is 32.7 Å². The van der Waals surface area contributed by atoms with Crippen molar-refractivity contribution in [1.82, 2.24) is 9.80 Å². The number of amides is 1. The van der Waals surface area contributed by atoms with E-state index in [2.05, 4.69) is 48.0 Å². The monoisotopic (exact) mass is 317 g/mol. The first-order valence-electron chi connectivity index (χ1n) is 8.54. The zero-order chi connectivity index (χ0) is 16.2. The molecular formula is C18H27N3O2. The van der Waals surface area contributed by atoms with Crippen LogP contribution < -0.4 is 4.90 Å². The van der Waals surface area contributed by atoms with Crippen molar-refractivity contribution in [1.29, 1.82) is 0 Å². The second kappa shape index (κ2) is 7.32. The van der Waals surface area contributed by atoms with Crippen LogP contribution in [0.15, 0.2) is 24.3 Å². The molecule has 0 aromatic heterocycles. The van der Waals surface area contributed by atoms with Crippen molar-refractivity contribution in [3.63, 3.8) is 0 Å². The minimum atomic E-state index is 0.256. The average Bonchev–Trinajstić information content (AvgIpc) is 2.70. The van der Waals surface area contributed by atoms with Crippen molar-refractivity contribution in [2.75, 3.05) is 51.3 Å². The van der Waals surface area contributed by atoms with Gasteiger partial charge in [0.25, 0.3) is 0 Å². The third-order valence-electron chi connectivity index (χ3n) is 4.91. The van der Waals surface area contributed by atoms with E-state index in [1.807, 2.05) is 4.90 Å². The van der Waals surface area contributed by atoms with Crippen LogP contribution in [0, 0.1) is 0 Å². The quantitative estimate of drug-likeness (QED) is 0.848. The van der Waals surface area contributed by atoms with Crippen molar-refractivity contribution in [2.24, 2.45) is 0 Å². The zero-order valence-corrected chi connectivity index (χ0v) is 14.2. The molecule has 1 aromatic carbocycles. The fourth-order valence-electron chi connectivity index (χ4n) is 3.51. The highest BCUT2D eigenvalue weighted by atomic mass is 16.5. The molecule has 2 heterocycles. The molecule has 0 unspecified atom stereocenters. The summed E-state index contributed by atoms with van der Waals surface area (Å²) in [6.45, 7) is 7.79. The standard InChI is InChI=1S/C18H27N3O2/c1-15-13-19(2)17-6-4-3-5-16(17)14-21(15)8-7-18(22)20-9-11-23-12-10-20/h3-6,15H,7-14H2,1-2H3/t15-/m1/s1. The first kappa shape index (κ1) is 16.3. The van der Waals surface area contributed by atoms with Gasteiger partial charge in [0, 0.05) is 57.9 Å². The number of nitrogens with zero attached hydrogens (tertiary/aromatic N) is 3. The van der Waals surface area contributed by atoms with Crippen LogP contribution in [0.1, 0.15) is 18.9 Å². The van der Waals surface area contributed by atoms with Gasteiger partial charge in [0.2, 0.25) is 5.91 Å². The molecular weight excluding hydrogens is 290 g/mol. The van der Waals surface area contributed by atoms with E-state index in [1.165, 1.54) is 11.3 Å². The van der Waals surface area contributed by atoms with Crippen molar-refractivity contribution in [2.45, 2.75) is 25.9 Å². The second-order valence-electron chi connectivity index (χ2n) is 6.57. The molecule has 0 saturated carbocycles. The summed E-state index contributed by atoms with van der Waals surface area (Å²) in [6, 6.07) is 9.01. The molecule has 0 spiro atoms. The topological polar surface area (TPSA) is 36.0 Å². The fourth-order valence-corrected chi connectivity index (χ4v) is 3.51. The average molecular weight is 317 g/mol. The predicted molar refractivity (Wildman–Crippen MR) is 91.6 cm³/mol. The molecule has 23 heavy (non-hydrogen) atoms. The summed E-state index contributed by atoms with van der Waals surface area (Å²) in [5, 5.41) is 0. The van der Waals surface area contributed by atoms with Crippen LogP contribution >= 0.6 is 0 Å². The van der Waals surface area contributed by atoms with Crippen LogP contribution in [0.3, 0.4) is 0 Å². The maximum atomic E-state index is 12.4. The van der Waals surface area contributed by atoms with Gasteiger partial charge in [-0.3, -0.25) is 9.69 Å². The van der Waals surface area contributed by atoms with Crippen LogP contribution in [0.4, 0.5) is 5.69 Å². The summed E-state index contributed by atoms with van der Waals surface area (Å²) in [6.07, 6.45) is 0.593. The molecule has 5 nitrogen and oxygen atoms in total. The van der Waals surface area contributed by atoms with Gasteiger partial charge in [0.05, 0.1) is 13.2 Å². The van der Waals surface area contributed by atoms with Crippen LogP contribution in [0.2, 0.25) is 0 Å². The molecule has 2 aliphatic heterocycles. The molecule has 1 fully saturated rings. The fraction of sp³-hybridized carbons (Fsp3) is 0.611. The van der Waals surface area contributed by atoms with E-state index >= 15 is 0 Å². The minimum Gasteiger partial charge on any atom is -0.378 e. The molecule has 5 heteroatoms. The molecule has 3 rings (SSSR count). The summed E-state index contributed by atoms with van der Waals surface area (Å²) in [5.41, 5.74) is 2.65. The molecule has 1 amide bonds. The number of hydrogen-bond donors (Lipinski definition) is 0. The Morgan fingerprint density at radius 1 is 1.26 bits per heavy atom. The Hall–Kier alpha value is -1.59. The normalized spacial score (nSPS) is 22.6. The van der Waals surface area contributed by atoms with Gasteiger partial charge in [0.15, 0.2) is 0 Å². The summed E-state index contributed by atoms with van der Waals surface area (Å²) < 4.78 is 5.32. The lowest BCUT2D eigenvalue weighted by atomic mass is 10.1. The molecule has 1 atom stereocenters. The van der Waals surface area contributed by atoms with Crippen molar-refractivity contribution >= 4 is 11.6 Å². The summed E-state index contributed by atoms with van der Waals surface area (Å²) in [7, 11) is 2.15. The number of rotatable bonds is 3. The van der Waals surface area contributed by atoms with Gasteiger partial charge >= 0.3 is 0 Å². The van der Waals surface area contributed by atoms with E-state index in [9.17, 15) is 4.79 Å². The molecule has 0 radical (unpaired) electrons. The number of morpholine rings is 1. The van der Waals surface area contributed by atoms with Crippen molar-refractivity contribution < 1.29 is 9.53 Å². The molecule has 1 aromatic rings. The summed E-state index contributed by atoms with van der Waals surface area (Å²) in [5.74, 6) is 0.256. The van der Waals surface area contributed by atoms with Crippen LogP contribution in [-0.2, 0) is 16.1 Å². The Kier molecular flexibility index (Phi) is 5.18. The van der Waals surface area contributed by atoms with Crippen LogP contribution in [-0.4, -0.2) is 68.2 Å². The molecule has 1 saturated heterocycles. The number of carbonyl (C=O) groups is 1. The van der Waals surface area contributed by atoms with Crippen molar-refractivity contribution in [3.8, 4) is 0 Å². The number of fused-ring (bicyclic) bond motifs is 1. The molecule has 126 valence electrons. The minimum absolute atomic E-state index is 0.256. The SMILES string of the molecule is C[C@@H]1CN(C)c2ccccc2CN1CCC(=O)N1CCOCC1. The Bertz CT molecular complexity index is 543. The Labute approximate surface area is 138 Å². The van der Waals surface area contributed by atoms with Gasteiger partial charge < -0.3 is 14.5 Å². The Balaban J connectivity index is 1.62. The molecule has 2 aliphatic rings. The number of carbonyl (C=O) groups excluding carboxylic acids is 1. The number of para-hydroxylation sites is 1. The lowest BCUT2D eigenvalue weighted by Crippen LogP contribution is -2.43. The third-order valence-corrected chi connectivity index (χ3v) is 4.91. The Morgan fingerprint density at radius 3 is 2.78 bits per heavy atom. The van der Waals surface area contributed by atoms with E-state index < -0.39 is 0 Å². The maximum Gasteiger partial charge on any atom is 0.224 e. The van der Waals surface area contributed by atoms with E-state index in [-0.39, 0.29) is 5.91 Å². The largest absolute Gasteiger partial charge is 0.378 e. The highest BCUT2D eigenvalue weighted by molar-refractivity contribution is 5.76. The number of likely N-dealkylation sites (N-methyl/N-ethyl adjacent to an activating group) is 1. The number of ether oxygens (including phenoxy) is 1. The van der Waals surface area contributed by atoms with Gasteiger partial charge in [-0.15, -0.1) is 0 Å². The van der Waals surface area contributed by atoms with Crippen LogP contribution in [0.25, 0.3) is 0 Å². The Morgan fingerprint density at radius 2 is 2.00 bits per heavy atom. The number of hydrogen-bond acceptors (Lipinski definition) is 4. The smallest absolute Gasteiger partial charge is 0.224 e. The zero-order valence-electron chi connectivity index (χ0n) is 14.2. The first-order chi connectivity index (χ1) is 11.1. The van der Waals surface area contributed by atoms with E-state index in [0.29, 0.717) is 25.7 Å². The maximum absolute atomic E-state index is 12.4. The lowest BCUT2D eigenvalue weighted by molar-refractivity contribution is -0.135. The second-order valence-corrected chi connectivity index (χ2v) is 6.57. The molecule has 0 aliphatic carbocycles. The highest BCUT2D eigenvalue weighted by Gasteiger charge is 2.24. The molecule has 0 bridgehead atoms. The first-order valence-corrected chi connectivity index (χ1v) is 8.54. The van der Waals surface area contributed by atoms with Crippen molar-refractivity contribution in [3.05, 3.63) is 29.8 Å². The summed E-state index contributed by atoms with van der Waals surface area (Å²) >= 11 is 0. The summed E-state index contributed by atoms with van der Waals surface area (Å²) in [4.78, 5) is 19.1. The van der Waals surface area contributed by atoms with E-state index in [4.69, 9.17) is 4.74 Å². The third kappa shape index (κ3) is 3.85. The number of anilines is 1. The predicted octanol–water partition coefficient (Wildman–Crippen LogP) is 1.58. The van der Waals surface area contributed by atoms with Gasteiger partial charge in [-0.05, 0) is 18.6 Å². The lowest BCUT2D eigenvalue weighted by Gasteiger charge is -2.30. The van der Waals surface area contributed by atoms with E-state index in [1.54, 1.807) is 0 Å². The van der Waals surface area contributed by atoms with Gasteiger partial charge in [-0.25, -0.2) is 0 Å². The molecule has 0 N–H and O–H groups in total. The van der Waals surface area contributed by atoms with Gasteiger partial charge in [-0.2, -0.15) is 0 Å². The number of benzene rings is 1. The van der Waals surface area contributed by atoms with Gasteiger partial charge in [0.1, 0.15) is 0 Å². The van der Waals surface area contributed by atoms with Gasteiger partial charge in [-0.1, -0.05) is 18.2 Å². The highest BCUT2D eigenvalue weighted by Crippen LogP contribution is 2.26. The van der Waals surface area contributed by atoms with Crippen LogP contribution in [0.5, 0.6) is 0 Å².